The van der Waals surface area contributed by atoms with Crippen LogP contribution < -0.4 is 0 Å². The van der Waals surface area contributed by atoms with Gasteiger partial charge in [0.2, 0.25) is 5.79 Å². The Hall–Kier alpha value is -2.11. The Morgan fingerprint density at radius 3 is 2.61 bits per heavy atom. The molecule has 0 radical (unpaired) electrons. The van der Waals surface area contributed by atoms with Crippen LogP contribution in [0.1, 0.15) is 71.5 Å². The predicted molar refractivity (Wildman–Crippen MR) is 125 cm³/mol. The number of nitro groups is 1. The van der Waals surface area contributed by atoms with Crippen molar-refractivity contribution in [2.45, 2.75) is 89.9 Å². The molecule has 5 fully saturated rings. The van der Waals surface area contributed by atoms with Gasteiger partial charge in [-0.1, -0.05) is 13.8 Å². The lowest BCUT2D eigenvalue weighted by Crippen LogP contribution is -2.70. The topological polar surface area (TPSA) is 116 Å². The Kier molecular flexibility index (Phi) is 6.84. The van der Waals surface area contributed by atoms with Crippen LogP contribution in [0.4, 0.5) is 5.69 Å². The zero-order valence-electron chi connectivity index (χ0n) is 21.2. The molecule has 0 N–H and O–H groups in total. The van der Waals surface area contributed by atoms with E-state index in [9.17, 15) is 14.9 Å². The van der Waals surface area contributed by atoms with E-state index in [0.29, 0.717) is 17.9 Å². The Morgan fingerprint density at radius 1 is 1.17 bits per heavy atom. The van der Waals surface area contributed by atoms with Crippen LogP contribution in [-0.2, 0) is 33.5 Å². The molecule has 2 bridgehead atoms. The van der Waals surface area contributed by atoms with Gasteiger partial charge in [0, 0.05) is 30.4 Å². The van der Waals surface area contributed by atoms with Crippen molar-refractivity contribution in [1.82, 2.24) is 0 Å². The normalized spacial score (nSPS) is 40.1. The molecule has 1 spiro atoms. The highest BCUT2D eigenvalue weighted by atomic mass is 17.3. The number of esters is 1. The maximum absolute atomic E-state index is 12.4. The summed E-state index contributed by atoms with van der Waals surface area (Å²) < 4.78 is 24.5. The fraction of sp³-hybridized carbons (Fsp3) is 0.731. The lowest BCUT2D eigenvalue weighted by atomic mass is 9.58. The summed E-state index contributed by atoms with van der Waals surface area (Å²) in [6, 6.07) is 6.03. The van der Waals surface area contributed by atoms with E-state index in [1.54, 1.807) is 19.1 Å². The molecular formula is C26H35NO9. The van der Waals surface area contributed by atoms with Crippen molar-refractivity contribution in [2.75, 3.05) is 6.61 Å². The molecule has 1 aromatic carbocycles. The summed E-state index contributed by atoms with van der Waals surface area (Å²) in [4.78, 5) is 35.2. The second-order valence-corrected chi connectivity index (χ2v) is 10.8. The van der Waals surface area contributed by atoms with E-state index in [4.69, 9.17) is 28.7 Å². The van der Waals surface area contributed by atoms with E-state index in [1.165, 1.54) is 12.1 Å². The molecule has 1 aliphatic carbocycles. The number of ether oxygens (including phenoxy) is 4. The second kappa shape index (κ2) is 9.64. The van der Waals surface area contributed by atoms with Crippen molar-refractivity contribution in [3.63, 3.8) is 0 Å². The van der Waals surface area contributed by atoms with Crippen LogP contribution in [0.5, 0.6) is 0 Å². The van der Waals surface area contributed by atoms with Crippen LogP contribution in [0, 0.1) is 33.8 Å². The number of nitro benzene ring substituents is 1. The third kappa shape index (κ3) is 4.32. The Balaban J connectivity index is 1.43. The minimum Gasteiger partial charge on any atom is -0.466 e. The standard InChI is InChI=1S/C26H35NO9/c1-5-31-22(28)14-21(17-7-9-18(10-8-17)27(29)30)32-23-16(3)20-11-6-15(2)19-12-13-25(4)34-24(33-23)26(19,20)36-35-25/h7-10,15-16,19-21,23-24H,5-6,11-14H2,1-4H3/t15-,16-,19+,20?,21+,23+,24-,25-,26-/m1/s1. The molecule has 6 rings (SSSR count). The highest BCUT2D eigenvalue weighted by Crippen LogP contribution is 2.60. The highest BCUT2D eigenvalue weighted by molar-refractivity contribution is 5.70. The van der Waals surface area contributed by atoms with Crippen molar-refractivity contribution in [3.05, 3.63) is 39.9 Å². The van der Waals surface area contributed by atoms with Crippen molar-refractivity contribution < 1.29 is 38.4 Å². The minimum atomic E-state index is -0.897. The van der Waals surface area contributed by atoms with Crippen LogP contribution in [0.3, 0.4) is 0 Å². The number of carbonyl (C=O) groups excluding carboxylic acids is 1. The fourth-order valence-corrected chi connectivity index (χ4v) is 6.62. The molecule has 0 aromatic heterocycles. The first-order valence-electron chi connectivity index (χ1n) is 12.9. The van der Waals surface area contributed by atoms with Gasteiger partial charge < -0.3 is 18.9 Å². The van der Waals surface area contributed by atoms with Crippen molar-refractivity contribution in [2.24, 2.45) is 23.7 Å². The Bertz CT molecular complexity index is 986. The molecule has 0 amide bonds. The van der Waals surface area contributed by atoms with E-state index in [1.807, 2.05) is 6.92 Å². The molecule has 4 heterocycles. The first kappa shape index (κ1) is 25.5. The van der Waals surface area contributed by atoms with Gasteiger partial charge in [-0.25, -0.2) is 9.78 Å². The zero-order chi connectivity index (χ0) is 25.7. The molecule has 4 saturated heterocycles. The number of fused-ring (bicyclic) bond motifs is 2. The maximum atomic E-state index is 12.4. The first-order chi connectivity index (χ1) is 17.2. The summed E-state index contributed by atoms with van der Waals surface area (Å²) in [5, 5.41) is 11.1. The van der Waals surface area contributed by atoms with E-state index in [-0.39, 0.29) is 36.5 Å². The van der Waals surface area contributed by atoms with Crippen LogP contribution in [0.15, 0.2) is 24.3 Å². The molecule has 5 aliphatic rings. The van der Waals surface area contributed by atoms with Crippen LogP contribution in [-0.4, -0.2) is 41.5 Å². The number of nitrogens with zero attached hydrogens (tertiary/aromatic N) is 1. The lowest BCUT2D eigenvalue weighted by Gasteiger charge is -2.60. The monoisotopic (exact) mass is 505 g/mol. The van der Waals surface area contributed by atoms with Gasteiger partial charge in [-0.05, 0) is 62.6 Å². The van der Waals surface area contributed by atoms with Gasteiger partial charge in [0.05, 0.1) is 24.1 Å². The SMILES string of the molecule is CCOC(=O)C[C@H](O[C@H]1O[C@@H]2O[C@@]3(C)CC[C@H]4[C@H](C)CCC([C@H]1C)[C@@]24OO3)c1ccc([N+](=O)[O-])cc1. The van der Waals surface area contributed by atoms with Crippen LogP contribution in [0.25, 0.3) is 0 Å². The summed E-state index contributed by atoms with van der Waals surface area (Å²) >= 11 is 0. The number of non-ortho nitro benzene ring substituents is 1. The largest absolute Gasteiger partial charge is 0.466 e. The average molecular weight is 506 g/mol. The van der Waals surface area contributed by atoms with E-state index < -0.39 is 41.0 Å². The number of hydrogen-bond acceptors (Lipinski definition) is 9. The third-order valence-corrected chi connectivity index (χ3v) is 8.53. The summed E-state index contributed by atoms with van der Waals surface area (Å²) in [6.45, 7) is 8.20. The summed E-state index contributed by atoms with van der Waals surface area (Å²) in [5.74, 6) is -0.633. The zero-order valence-corrected chi connectivity index (χ0v) is 21.2. The smallest absolute Gasteiger partial charge is 0.308 e. The third-order valence-electron chi connectivity index (χ3n) is 8.53. The van der Waals surface area contributed by atoms with Crippen molar-refractivity contribution >= 4 is 11.7 Å². The van der Waals surface area contributed by atoms with Gasteiger partial charge in [0.15, 0.2) is 18.2 Å². The van der Waals surface area contributed by atoms with Gasteiger partial charge in [0.1, 0.15) is 0 Å². The molecule has 4 aliphatic heterocycles. The Morgan fingerprint density at radius 2 is 1.92 bits per heavy atom. The van der Waals surface area contributed by atoms with Crippen LogP contribution >= 0.6 is 0 Å². The molecule has 10 heteroatoms. The molecule has 1 aromatic rings. The number of benzene rings is 1. The summed E-state index contributed by atoms with van der Waals surface area (Å²) in [6.07, 6.45) is 1.53. The molecule has 9 atom stereocenters. The van der Waals surface area contributed by atoms with Gasteiger partial charge >= 0.3 is 5.97 Å². The van der Waals surface area contributed by atoms with Crippen molar-refractivity contribution in [1.29, 1.82) is 0 Å². The van der Waals surface area contributed by atoms with E-state index >= 15 is 0 Å². The number of rotatable bonds is 7. The van der Waals surface area contributed by atoms with E-state index in [2.05, 4.69) is 13.8 Å². The predicted octanol–water partition coefficient (Wildman–Crippen LogP) is 4.81. The molecule has 1 saturated carbocycles. The van der Waals surface area contributed by atoms with Gasteiger partial charge in [-0.15, -0.1) is 0 Å². The van der Waals surface area contributed by atoms with Gasteiger partial charge in [-0.3, -0.25) is 14.9 Å². The Labute approximate surface area is 210 Å². The van der Waals surface area contributed by atoms with E-state index in [0.717, 1.165) is 19.3 Å². The second-order valence-electron chi connectivity index (χ2n) is 10.8. The maximum Gasteiger partial charge on any atom is 0.308 e. The summed E-state index contributed by atoms with van der Waals surface area (Å²) in [5.41, 5.74) is -0.111. The summed E-state index contributed by atoms with van der Waals surface area (Å²) in [7, 11) is 0. The quantitative estimate of drug-likeness (QED) is 0.223. The lowest BCUT2D eigenvalue weighted by molar-refractivity contribution is -0.578. The molecule has 1 unspecified atom stereocenters. The fourth-order valence-electron chi connectivity index (χ4n) is 6.62. The minimum absolute atomic E-state index is 0.0338. The molecule has 10 nitrogen and oxygen atoms in total. The van der Waals surface area contributed by atoms with Crippen LogP contribution in [0.2, 0.25) is 0 Å². The first-order valence-corrected chi connectivity index (χ1v) is 12.9. The molecule has 36 heavy (non-hydrogen) atoms. The van der Waals surface area contributed by atoms with Gasteiger partial charge in [-0.2, -0.15) is 0 Å². The van der Waals surface area contributed by atoms with Gasteiger partial charge in [0.25, 0.3) is 5.69 Å². The number of hydrogen-bond donors (Lipinski definition) is 0. The molecule has 198 valence electrons. The average Bonchev–Trinajstić information content (AvgIpc) is 3.08. The number of carbonyl (C=O) groups is 1. The molecular weight excluding hydrogens is 470 g/mol. The highest BCUT2D eigenvalue weighted by Gasteiger charge is 2.69. The van der Waals surface area contributed by atoms with Crippen molar-refractivity contribution in [3.8, 4) is 0 Å².